The van der Waals surface area contributed by atoms with Crippen molar-refractivity contribution in [3.8, 4) is 0 Å². The van der Waals surface area contributed by atoms with Crippen LogP contribution in [0.1, 0.15) is 18.5 Å². The summed E-state index contributed by atoms with van der Waals surface area (Å²) in [5.74, 6) is 1.13. The van der Waals surface area contributed by atoms with Gasteiger partial charge in [-0.15, -0.1) is 0 Å². The predicted octanol–water partition coefficient (Wildman–Crippen LogP) is 0.133. The van der Waals surface area contributed by atoms with Crippen LogP contribution in [0, 0.1) is 0 Å². The quantitative estimate of drug-likeness (QED) is 0.776. The van der Waals surface area contributed by atoms with Crippen molar-refractivity contribution in [2.75, 3.05) is 30.8 Å². The van der Waals surface area contributed by atoms with Crippen LogP contribution < -0.4 is 16.4 Å². The summed E-state index contributed by atoms with van der Waals surface area (Å²) < 4.78 is 5.06. The van der Waals surface area contributed by atoms with Gasteiger partial charge >= 0.3 is 0 Å². The van der Waals surface area contributed by atoms with Gasteiger partial charge < -0.3 is 21.1 Å². The van der Waals surface area contributed by atoms with Crippen molar-refractivity contribution < 1.29 is 4.74 Å². The Balaban J connectivity index is 2.18. The van der Waals surface area contributed by atoms with Crippen LogP contribution in [0.25, 0.3) is 0 Å². The summed E-state index contributed by atoms with van der Waals surface area (Å²) in [6.07, 6.45) is 2.13. The molecule has 1 aliphatic rings. The van der Waals surface area contributed by atoms with E-state index in [4.69, 9.17) is 16.2 Å². The maximum Gasteiger partial charge on any atom is 0.227 e. The van der Waals surface area contributed by atoms with Gasteiger partial charge in [0.1, 0.15) is 5.82 Å². The summed E-state index contributed by atoms with van der Waals surface area (Å²) in [6.45, 7) is 2.17. The smallest absolute Gasteiger partial charge is 0.227 e. The molecular weight excluding hydrogens is 218 g/mol. The Morgan fingerprint density at radius 1 is 1.53 bits per heavy atom. The molecule has 0 bridgehead atoms. The molecule has 0 saturated carbocycles. The van der Waals surface area contributed by atoms with Crippen LogP contribution in [0.15, 0.2) is 6.07 Å². The van der Waals surface area contributed by atoms with Crippen LogP contribution in [0.5, 0.6) is 0 Å². The minimum Gasteiger partial charge on any atom is -0.384 e. The van der Waals surface area contributed by atoms with E-state index in [9.17, 15) is 0 Å². The molecule has 1 unspecified atom stereocenters. The van der Waals surface area contributed by atoms with E-state index in [1.807, 2.05) is 0 Å². The Hall–Kier alpha value is -1.40. The Bertz CT molecular complexity index is 384. The van der Waals surface area contributed by atoms with E-state index in [0.29, 0.717) is 18.4 Å². The topological polar surface area (TPSA) is 90.3 Å². The molecule has 1 aliphatic heterocycles. The van der Waals surface area contributed by atoms with Crippen LogP contribution in [-0.4, -0.2) is 36.2 Å². The van der Waals surface area contributed by atoms with Crippen LogP contribution in [0.4, 0.5) is 11.8 Å². The lowest BCUT2D eigenvalue weighted by molar-refractivity contribution is 0.181. The summed E-state index contributed by atoms with van der Waals surface area (Å²) in [5, 5.41) is 0. The number of anilines is 2. The number of hydrogen-bond acceptors (Lipinski definition) is 6. The third kappa shape index (κ3) is 3.04. The zero-order valence-electron chi connectivity index (χ0n) is 10.1. The third-order valence-electron chi connectivity index (χ3n) is 2.82. The summed E-state index contributed by atoms with van der Waals surface area (Å²) in [5.41, 5.74) is 12.5. The molecule has 0 aromatic carbocycles. The van der Waals surface area contributed by atoms with Crippen molar-refractivity contribution in [2.45, 2.75) is 25.5 Å². The Labute approximate surface area is 101 Å². The second-order valence-corrected chi connectivity index (χ2v) is 4.37. The second kappa shape index (κ2) is 5.29. The molecule has 4 N–H and O–H groups in total. The molecule has 2 rings (SSSR count). The number of methoxy groups -OCH3 is 1. The van der Waals surface area contributed by atoms with Crippen molar-refractivity contribution in [3.63, 3.8) is 0 Å². The standard InChI is InChI=1S/C11H19N5O/c1-17-7-9-5-10(13)15-11(14-9)16-4-2-3-8(12)6-16/h5,8H,2-4,6-7,12H2,1H3,(H2,13,14,15). The highest BCUT2D eigenvalue weighted by molar-refractivity contribution is 5.41. The van der Waals surface area contributed by atoms with Gasteiger partial charge in [0.25, 0.3) is 0 Å². The molecule has 1 saturated heterocycles. The molecule has 0 amide bonds. The average Bonchev–Trinajstić information content (AvgIpc) is 2.28. The monoisotopic (exact) mass is 237 g/mol. The largest absolute Gasteiger partial charge is 0.384 e. The molecule has 6 nitrogen and oxygen atoms in total. The predicted molar refractivity (Wildman–Crippen MR) is 66.6 cm³/mol. The molecule has 2 heterocycles. The molecule has 1 aromatic rings. The van der Waals surface area contributed by atoms with E-state index >= 15 is 0 Å². The first-order valence-corrected chi connectivity index (χ1v) is 5.82. The van der Waals surface area contributed by atoms with E-state index in [-0.39, 0.29) is 6.04 Å². The highest BCUT2D eigenvalue weighted by Crippen LogP contribution is 2.17. The van der Waals surface area contributed by atoms with Crippen LogP contribution in [-0.2, 0) is 11.3 Å². The molecule has 1 aromatic heterocycles. The van der Waals surface area contributed by atoms with Crippen molar-refractivity contribution in [1.82, 2.24) is 9.97 Å². The van der Waals surface area contributed by atoms with Crippen molar-refractivity contribution >= 4 is 11.8 Å². The van der Waals surface area contributed by atoms with Gasteiger partial charge in [0.05, 0.1) is 12.3 Å². The molecule has 0 radical (unpaired) electrons. The number of rotatable bonds is 3. The first kappa shape index (κ1) is 12.1. The normalized spacial score (nSPS) is 20.6. The Kier molecular flexibility index (Phi) is 3.75. The SMILES string of the molecule is COCc1cc(N)nc(N2CCCC(N)C2)n1. The van der Waals surface area contributed by atoms with Crippen LogP contribution in [0.2, 0.25) is 0 Å². The molecule has 0 spiro atoms. The van der Waals surface area contributed by atoms with Crippen molar-refractivity contribution in [1.29, 1.82) is 0 Å². The van der Waals surface area contributed by atoms with Crippen LogP contribution in [0.3, 0.4) is 0 Å². The summed E-state index contributed by atoms with van der Waals surface area (Å²) in [7, 11) is 1.63. The van der Waals surface area contributed by atoms with Gasteiger partial charge in [-0.05, 0) is 12.8 Å². The van der Waals surface area contributed by atoms with Gasteiger partial charge in [0.2, 0.25) is 5.95 Å². The molecule has 1 fully saturated rings. The second-order valence-electron chi connectivity index (χ2n) is 4.37. The molecule has 0 aliphatic carbocycles. The number of nitrogens with two attached hydrogens (primary N) is 2. The maximum atomic E-state index is 5.94. The lowest BCUT2D eigenvalue weighted by Gasteiger charge is -2.30. The van der Waals surface area contributed by atoms with E-state index in [0.717, 1.165) is 31.6 Å². The van der Waals surface area contributed by atoms with Crippen molar-refractivity contribution in [2.24, 2.45) is 5.73 Å². The molecule has 17 heavy (non-hydrogen) atoms. The first-order chi connectivity index (χ1) is 8.19. The number of nitrogen functional groups attached to an aromatic ring is 1. The van der Waals surface area contributed by atoms with Gasteiger partial charge in [0.15, 0.2) is 0 Å². The van der Waals surface area contributed by atoms with Gasteiger partial charge in [-0.3, -0.25) is 0 Å². The number of aromatic nitrogens is 2. The average molecular weight is 237 g/mol. The minimum absolute atomic E-state index is 0.194. The molecule has 6 heteroatoms. The fraction of sp³-hybridized carbons (Fsp3) is 0.636. The highest BCUT2D eigenvalue weighted by atomic mass is 16.5. The van der Waals surface area contributed by atoms with Crippen LogP contribution >= 0.6 is 0 Å². The van der Waals surface area contributed by atoms with E-state index in [2.05, 4.69) is 14.9 Å². The number of ether oxygens (including phenoxy) is 1. The van der Waals surface area contributed by atoms with E-state index in [1.54, 1.807) is 13.2 Å². The third-order valence-corrected chi connectivity index (χ3v) is 2.82. The molecule has 94 valence electrons. The van der Waals surface area contributed by atoms with Gasteiger partial charge in [-0.2, -0.15) is 4.98 Å². The van der Waals surface area contributed by atoms with E-state index < -0.39 is 0 Å². The van der Waals surface area contributed by atoms with Gasteiger partial charge in [-0.25, -0.2) is 4.98 Å². The Morgan fingerprint density at radius 3 is 3.06 bits per heavy atom. The minimum atomic E-state index is 0.194. The number of nitrogens with zero attached hydrogens (tertiary/aromatic N) is 3. The molecular formula is C11H19N5O. The summed E-state index contributed by atoms with van der Waals surface area (Å²) in [4.78, 5) is 10.8. The van der Waals surface area contributed by atoms with Gasteiger partial charge in [-0.1, -0.05) is 0 Å². The first-order valence-electron chi connectivity index (χ1n) is 5.82. The maximum absolute atomic E-state index is 5.94. The lowest BCUT2D eigenvalue weighted by Crippen LogP contribution is -2.43. The Morgan fingerprint density at radius 2 is 2.35 bits per heavy atom. The molecule has 1 atom stereocenters. The highest BCUT2D eigenvalue weighted by Gasteiger charge is 2.19. The number of hydrogen-bond donors (Lipinski definition) is 2. The van der Waals surface area contributed by atoms with Gasteiger partial charge in [0, 0.05) is 32.3 Å². The number of piperidine rings is 1. The fourth-order valence-electron chi connectivity index (χ4n) is 2.06. The lowest BCUT2D eigenvalue weighted by atomic mass is 10.1. The summed E-state index contributed by atoms with van der Waals surface area (Å²) >= 11 is 0. The zero-order valence-corrected chi connectivity index (χ0v) is 10.1. The zero-order chi connectivity index (χ0) is 12.3. The van der Waals surface area contributed by atoms with E-state index in [1.165, 1.54) is 0 Å². The fourth-order valence-corrected chi connectivity index (χ4v) is 2.06. The van der Waals surface area contributed by atoms with Crippen molar-refractivity contribution in [3.05, 3.63) is 11.8 Å². The summed E-state index contributed by atoms with van der Waals surface area (Å²) in [6, 6.07) is 1.93.